The van der Waals surface area contributed by atoms with E-state index >= 15 is 0 Å². The zero-order chi connectivity index (χ0) is 11.2. The van der Waals surface area contributed by atoms with E-state index in [4.69, 9.17) is 4.74 Å². The van der Waals surface area contributed by atoms with Crippen molar-refractivity contribution in [2.75, 3.05) is 19.8 Å². The molecule has 1 atom stereocenters. The minimum absolute atomic E-state index is 0.640. The molecular formula is C14H27NO. The Morgan fingerprint density at radius 2 is 1.94 bits per heavy atom. The number of rotatable bonds is 8. The number of ether oxygens (including phenoxy) is 1. The molecule has 0 amide bonds. The molecule has 2 aliphatic rings. The smallest absolute Gasteiger partial charge is 0.0622 e. The Kier molecular flexibility index (Phi) is 5.11. The van der Waals surface area contributed by atoms with Crippen molar-refractivity contribution in [1.29, 1.82) is 0 Å². The second-order valence-corrected chi connectivity index (χ2v) is 5.59. The van der Waals surface area contributed by atoms with E-state index in [0.717, 1.165) is 31.6 Å². The Hall–Kier alpha value is -0.0800. The number of hydrogen-bond acceptors (Lipinski definition) is 2. The van der Waals surface area contributed by atoms with Crippen LogP contribution in [0.2, 0.25) is 0 Å². The second-order valence-electron chi connectivity index (χ2n) is 5.59. The largest absolute Gasteiger partial charge is 0.380 e. The summed E-state index contributed by atoms with van der Waals surface area (Å²) in [5, 5.41) is 3.63. The van der Waals surface area contributed by atoms with Gasteiger partial charge in [-0.15, -0.1) is 0 Å². The highest BCUT2D eigenvalue weighted by molar-refractivity contribution is 4.86. The summed E-state index contributed by atoms with van der Waals surface area (Å²) in [6.45, 7) is 5.34. The molecular weight excluding hydrogens is 198 g/mol. The Labute approximate surface area is 100 Å². The summed E-state index contributed by atoms with van der Waals surface area (Å²) in [6, 6.07) is 0.640. The summed E-state index contributed by atoms with van der Waals surface area (Å²) in [4.78, 5) is 0. The molecule has 2 rings (SSSR count). The number of hydrogen-bond donors (Lipinski definition) is 1. The average Bonchev–Trinajstić information content (AvgIpc) is 3.01. The maximum absolute atomic E-state index is 5.92. The summed E-state index contributed by atoms with van der Waals surface area (Å²) >= 11 is 0. The second kappa shape index (κ2) is 6.61. The molecule has 2 nitrogen and oxygen atoms in total. The first-order valence-electron chi connectivity index (χ1n) is 7.21. The van der Waals surface area contributed by atoms with Gasteiger partial charge in [0.1, 0.15) is 0 Å². The van der Waals surface area contributed by atoms with Gasteiger partial charge in [-0.3, -0.25) is 0 Å². The molecule has 0 heterocycles. The van der Waals surface area contributed by atoms with Crippen molar-refractivity contribution in [2.24, 2.45) is 11.8 Å². The summed E-state index contributed by atoms with van der Waals surface area (Å²) in [5.74, 6) is 1.78. The molecule has 2 aliphatic carbocycles. The van der Waals surface area contributed by atoms with Crippen molar-refractivity contribution >= 4 is 0 Å². The molecule has 0 radical (unpaired) electrons. The van der Waals surface area contributed by atoms with Crippen LogP contribution in [0.15, 0.2) is 0 Å². The van der Waals surface area contributed by atoms with Crippen LogP contribution in [0.25, 0.3) is 0 Å². The third kappa shape index (κ3) is 4.06. The van der Waals surface area contributed by atoms with Crippen LogP contribution in [0, 0.1) is 11.8 Å². The number of nitrogens with one attached hydrogen (secondary N) is 1. The predicted molar refractivity (Wildman–Crippen MR) is 67.6 cm³/mol. The fraction of sp³-hybridized carbons (Fsp3) is 1.00. The van der Waals surface area contributed by atoms with E-state index in [1.807, 2.05) is 0 Å². The van der Waals surface area contributed by atoms with Crippen molar-refractivity contribution in [1.82, 2.24) is 5.32 Å². The fourth-order valence-corrected chi connectivity index (χ4v) is 2.73. The van der Waals surface area contributed by atoms with Gasteiger partial charge in [0.05, 0.1) is 6.61 Å². The van der Waals surface area contributed by atoms with Gasteiger partial charge in [-0.25, -0.2) is 0 Å². The molecule has 94 valence electrons. The van der Waals surface area contributed by atoms with Crippen LogP contribution in [0.3, 0.4) is 0 Å². The first kappa shape index (κ1) is 12.4. The maximum atomic E-state index is 5.92. The third-order valence-electron chi connectivity index (χ3n) is 3.97. The molecule has 0 aromatic rings. The molecule has 2 fully saturated rings. The molecule has 0 bridgehead atoms. The van der Waals surface area contributed by atoms with Gasteiger partial charge in [-0.05, 0) is 50.5 Å². The summed E-state index contributed by atoms with van der Waals surface area (Å²) in [5.41, 5.74) is 0. The average molecular weight is 225 g/mol. The van der Waals surface area contributed by atoms with E-state index in [-0.39, 0.29) is 0 Å². The zero-order valence-corrected chi connectivity index (χ0v) is 10.7. The lowest BCUT2D eigenvalue weighted by Crippen LogP contribution is -2.36. The molecule has 0 aliphatic heterocycles. The van der Waals surface area contributed by atoms with Crippen LogP contribution in [-0.4, -0.2) is 25.8 Å². The van der Waals surface area contributed by atoms with E-state index in [2.05, 4.69) is 12.2 Å². The predicted octanol–water partition coefficient (Wildman–Crippen LogP) is 2.97. The lowest BCUT2D eigenvalue weighted by molar-refractivity contribution is 0.0781. The van der Waals surface area contributed by atoms with Gasteiger partial charge in [0.25, 0.3) is 0 Å². The van der Waals surface area contributed by atoms with E-state index in [1.165, 1.54) is 44.9 Å². The van der Waals surface area contributed by atoms with Crippen molar-refractivity contribution < 1.29 is 4.74 Å². The highest BCUT2D eigenvalue weighted by Gasteiger charge is 2.30. The minimum atomic E-state index is 0.640. The molecule has 0 spiro atoms. The maximum Gasteiger partial charge on any atom is 0.0622 e. The Bertz CT molecular complexity index is 185. The van der Waals surface area contributed by atoms with Gasteiger partial charge < -0.3 is 10.1 Å². The van der Waals surface area contributed by atoms with Crippen molar-refractivity contribution in [3.05, 3.63) is 0 Å². The minimum Gasteiger partial charge on any atom is -0.380 e. The van der Waals surface area contributed by atoms with Crippen LogP contribution >= 0.6 is 0 Å². The van der Waals surface area contributed by atoms with E-state index in [0.29, 0.717) is 6.04 Å². The van der Waals surface area contributed by atoms with Crippen LogP contribution in [0.1, 0.15) is 51.9 Å². The topological polar surface area (TPSA) is 21.3 Å². The van der Waals surface area contributed by atoms with E-state index in [1.54, 1.807) is 0 Å². The van der Waals surface area contributed by atoms with Gasteiger partial charge in [0.2, 0.25) is 0 Å². The van der Waals surface area contributed by atoms with Gasteiger partial charge in [-0.2, -0.15) is 0 Å². The zero-order valence-electron chi connectivity index (χ0n) is 10.7. The highest BCUT2D eigenvalue weighted by Crippen LogP contribution is 2.33. The first-order valence-corrected chi connectivity index (χ1v) is 7.21. The summed E-state index contributed by atoms with van der Waals surface area (Å²) in [7, 11) is 0. The Balaban J connectivity index is 1.57. The van der Waals surface area contributed by atoms with Crippen molar-refractivity contribution in [3.8, 4) is 0 Å². The molecule has 0 aromatic heterocycles. The Morgan fingerprint density at radius 3 is 2.56 bits per heavy atom. The molecule has 2 heteroatoms. The van der Waals surface area contributed by atoms with Crippen LogP contribution < -0.4 is 5.32 Å². The molecule has 1 unspecified atom stereocenters. The first-order chi connectivity index (χ1) is 7.90. The molecule has 0 saturated heterocycles. The van der Waals surface area contributed by atoms with Crippen LogP contribution in [0.5, 0.6) is 0 Å². The van der Waals surface area contributed by atoms with E-state index < -0.39 is 0 Å². The third-order valence-corrected chi connectivity index (χ3v) is 3.97. The SMILES string of the molecule is CCCNC(COCC1CCCC1)C1CC1. The lowest BCUT2D eigenvalue weighted by atomic mass is 10.1. The van der Waals surface area contributed by atoms with E-state index in [9.17, 15) is 0 Å². The molecule has 0 aromatic carbocycles. The quantitative estimate of drug-likeness (QED) is 0.685. The molecule has 1 N–H and O–H groups in total. The van der Waals surface area contributed by atoms with Gasteiger partial charge in [0.15, 0.2) is 0 Å². The van der Waals surface area contributed by atoms with Gasteiger partial charge in [-0.1, -0.05) is 19.8 Å². The molecule has 16 heavy (non-hydrogen) atoms. The highest BCUT2D eigenvalue weighted by atomic mass is 16.5. The molecule has 2 saturated carbocycles. The summed E-state index contributed by atoms with van der Waals surface area (Å²) in [6.07, 6.45) is 9.70. The van der Waals surface area contributed by atoms with Gasteiger partial charge >= 0.3 is 0 Å². The fourth-order valence-electron chi connectivity index (χ4n) is 2.73. The normalized spacial score (nSPS) is 23.8. The Morgan fingerprint density at radius 1 is 1.19 bits per heavy atom. The van der Waals surface area contributed by atoms with Gasteiger partial charge in [0, 0.05) is 12.6 Å². The van der Waals surface area contributed by atoms with Crippen molar-refractivity contribution in [3.63, 3.8) is 0 Å². The van der Waals surface area contributed by atoms with Crippen LogP contribution in [0.4, 0.5) is 0 Å². The van der Waals surface area contributed by atoms with Crippen LogP contribution in [-0.2, 0) is 4.74 Å². The standard InChI is InChI=1S/C14H27NO/c1-2-9-15-14(13-7-8-13)11-16-10-12-5-3-4-6-12/h12-15H,2-11H2,1H3. The lowest BCUT2D eigenvalue weighted by Gasteiger charge is -2.19. The van der Waals surface area contributed by atoms with Crippen molar-refractivity contribution in [2.45, 2.75) is 57.9 Å². The monoisotopic (exact) mass is 225 g/mol. The summed E-state index contributed by atoms with van der Waals surface area (Å²) < 4.78 is 5.92.